The van der Waals surface area contributed by atoms with Gasteiger partial charge >= 0.3 is 0 Å². The highest BCUT2D eigenvalue weighted by Crippen LogP contribution is 2.27. The van der Waals surface area contributed by atoms with Crippen LogP contribution >= 0.6 is 0 Å². The maximum absolute atomic E-state index is 5.98. The second-order valence-electron chi connectivity index (χ2n) is 6.98. The Labute approximate surface area is 128 Å². The van der Waals surface area contributed by atoms with E-state index in [0.29, 0.717) is 12.1 Å². The average molecular weight is 288 g/mol. The molecule has 116 valence electrons. The van der Waals surface area contributed by atoms with Gasteiger partial charge < -0.3 is 10.1 Å². The van der Waals surface area contributed by atoms with Crippen molar-refractivity contribution in [3.63, 3.8) is 0 Å². The molecule has 3 heteroatoms. The molecule has 0 bridgehead atoms. The molecule has 2 fully saturated rings. The minimum atomic E-state index is 0.0723. The van der Waals surface area contributed by atoms with Gasteiger partial charge in [-0.3, -0.25) is 4.90 Å². The molecule has 0 radical (unpaired) electrons. The van der Waals surface area contributed by atoms with Gasteiger partial charge in [-0.05, 0) is 38.7 Å². The molecule has 2 saturated heterocycles. The summed E-state index contributed by atoms with van der Waals surface area (Å²) in [6, 6.07) is 11.9. The summed E-state index contributed by atoms with van der Waals surface area (Å²) in [5.41, 5.74) is 1.50. The topological polar surface area (TPSA) is 24.5 Å². The summed E-state index contributed by atoms with van der Waals surface area (Å²) in [5, 5.41) is 3.70. The quantitative estimate of drug-likeness (QED) is 0.921. The number of nitrogens with zero attached hydrogens (tertiary/aromatic N) is 1. The van der Waals surface area contributed by atoms with Gasteiger partial charge in [0.25, 0.3) is 0 Å². The molecule has 3 rings (SSSR count). The highest BCUT2D eigenvalue weighted by Gasteiger charge is 2.35. The minimum absolute atomic E-state index is 0.0723. The number of ether oxygens (including phenoxy) is 1. The van der Waals surface area contributed by atoms with Crippen LogP contribution < -0.4 is 5.32 Å². The Bertz CT molecular complexity index is 442. The van der Waals surface area contributed by atoms with Crippen LogP contribution in [0.25, 0.3) is 0 Å². The molecule has 1 aromatic carbocycles. The smallest absolute Gasteiger partial charge is 0.0781 e. The maximum Gasteiger partial charge on any atom is 0.0781 e. The van der Waals surface area contributed by atoms with Crippen LogP contribution in [0.5, 0.6) is 0 Å². The zero-order valence-corrected chi connectivity index (χ0v) is 13.3. The number of hydrogen-bond acceptors (Lipinski definition) is 3. The summed E-state index contributed by atoms with van der Waals surface area (Å²) in [6.07, 6.45) is 3.53. The monoisotopic (exact) mass is 288 g/mol. The molecule has 0 saturated carbocycles. The fraction of sp³-hybridized carbons (Fsp3) is 0.667. The first kappa shape index (κ1) is 15.0. The molecule has 0 amide bonds. The first-order chi connectivity index (χ1) is 10.1. The zero-order valence-electron chi connectivity index (χ0n) is 13.3. The lowest BCUT2D eigenvalue weighted by Crippen LogP contribution is -2.59. The van der Waals surface area contributed by atoms with Crippen LogP contribution in [0.3, 0.4) is 0 Å². The third-order valence-electron chi connectivity index (χ3n) is 4.94. The van der Waals surface area contributed by atoms with E-state index in [1.807, 2.05) is 0 Å². The van der Waals surface area contributed by atoms with Crippen molar-refractivity contribution in [2.45, 2.75) is 50.8 Å². The molecule has 3 unspecified atom stereocenters. The van der Waals surface area contributed by atoms with Gasteiger partial charge in [0.1, 0.15) is 0 Å². The van der Waals surface area contributed by atoms with E-state index in [0.717, 1.165) is 32.7 Å². The molecule has 0 aliphatic carbocycles. The average Bonchev–Trinajstić information content (AvgIpc) is 2.90. The third-order valence-corrected chi connectivity index (χ3v) is 4.94. The minimum Gasteiger partial charge on any atom is -0.374 e. The Hall–Kier alpha value is -0.900. The molecule has 1 aromatic rings. The van der Waals surface area contributed by atoms with Crippen LogP contribution in [-0.2, 0) is 11.2 Å². The van der Waals surface area contributed by atoms with Crippen molar-refractivity contribution in [2.75, 3.05) is 26.2 Å². The lowest BCUT2D eigenvalue weighted by molar-refractivity contribution is -0.0254. The standard InChI is InChI=1S/C18H28N2O/c1-15-12-19-17(11-16-7-4-3-5-8-16)13-20(15)14-18(2)9-6-10-21-18/h3-5,7-8,15,17,19H,6,9-14H2,1-2H3. The Morgan fingerprint density at radius 2 is 2.14 bits per heavy atom. The van der Waals surface area contributed by atoms with E-state index in [4.69, 9.17) is 4.74 Å². The molecule has 2 aliphatic rings. The van der Waals surface area contributed by atoms with E-state index in [9.17, 15) is 0 Å². The van der Waals surface area contributed by atoms with Gasteiger partial charge in [-0.1, -0.05) is 30.3 Å². The summed E-state index contributed by atoms with van der Waals surface area (Å²) in [6.45, 7) is 8.80. The Morgan fingerprint density at radius 3 is 2.86 bits per heavy atom. The molecule has 1 N–H and O–H groups in total. The van der Waals surface area contributed by atoms with E-state index in [-0.39, 0.29) is 5.60 Å². The second-order valence-corrected chi connectivity index (χ2v) is 6.98. The molecule has 0 spiro atoms. The molecule has 2 heterocycles. The van der Waals surface area contributed by atoms with Crippen molar-refractivity contribution >= 4 is 0 Å². The molecule has 3 nitrogen and oxygen atoms in total. The molecule has 21 heavy (non-hydrogen) atoms. The highest BCUT2D eigenvalue weighted by atomic mass is 16.5. The molecule has 2 aliphatic heterocycles. The number of benzene rings is 1. The fourth-order valence-corrected chi connectivity index (χ4v) is 3.64. The summed E-state index contributed by atoms with van der Waals surface area (Å²) >= 11 is 0. The molecule has 3 atom stereocenters. The van der Waals surface area contributed by atoms with Crippen molar-refractivity contribution in [2.24, 2.45) is 0 Å². The summed E-state index contributed by atoms with van der Waals surface area (Å²) in [7, 11) is 0. The van der Waals surface area contributed by atoms with Gasteiger partial charge in [-0.25, -0.2) is 0 Å². The number of piperazine rings is 1. The van der Waals surface area contributed by atoms with E-state index < -0.39 is 0 Å². The van der Waals surface area contributed by atoms with Gasteiger partial charge in [-0.2, -0.15) is 0 Å². The molecular weight excluding hydrogens is 260 g/mol. The van der Waals surface area contributed by atoms with Crippen molar-refractivity contribution in [1.82, 2.24) is 10.2 Å². The molecule has 0 aromatic heterocycles. The first-order valence-corrected chi connectivity index (χ1v) is 8.30. The Balaban J connectivity index is 1.59. The van der Waals surface area contributed by atoms with Gasteiger partial charge in [0.05, 0.1) is 5.60 Å². The number of rotatable bonds is 4. The number of nitrogens with one attached hydrogen (secondary N) is 1. The first-order valence-electron chi connectivity index (χ1n) is 8.30. The molecular formula is C18H28N2O. The van der Waals surface area contributed by atoms with Gasteiger partial charge in [0.15, 0.2) is 0 Å². The normalized spacial score (nSPS) is 34.2. The van der Waals surface area contributed by atoms with Crippen LogP contribution in [-0.4, -0.2) is 48.8 Å². The van der Waals surface area contributed by atoms with Crippen LogP contribution in [0.1, 0.15) is 32.3 Å². The van der Waals surface area contributed by atoms with E-state index >= 15 is 0 Å². The lowest BCUT2D eigenvalue weighted by Gasteiger charge is -2.42. The summed E-state index contributed by atoms with van der Waals surface area (Å²) in [5.74, 6) is 0. The summed E-state index contributed by atoms with van der Waals surface area (Å²) in [4.78, 5) is 2.62. The zero-order chi connectivity index (χ0) is 14.7. The van der Waals surface area contributed by atoms with Crippen molar-refractivity contribution < 1.29 is 4.74 Å². The van der Waals surface area contributed by atoms with Gasteiger partial charge in [0.2, 0.25) is 0 Å². The van der Waals surface area contributed by atoms with E-state index in [1.54, 1.807) is 0 Å². The van der Waals surface area contributed by atoms with Crippen molar-refractivity contribution in [3.05, 3.63) is 35.9 Å². The van der Waals surface area contributed by atoms with E-state index in [2.05, 4.69) is 54.4 Å². The third kappa shape index (κ3) is 3.85. The highest BCUT2D eigenvalue weighted by molar-refractivity contribution is 5.16. The van der Waals surface area contributed by atoms with Crippen LogP contribution in [0.2, 0.25) is 0 Å². The Kier molecular flexibility index (Phi) is 4.63. The van der Waals surface area contributed by atoms with Crippen molar-refractivity contribution in [3.8, 4) is 0 Å². The fourth-order valence-electron chi connectivity index (χ4n) is 3.64. The predicted molar refractivity (Wildman–Crippen MR) is 86.6 cm³/mol. The van der Waals surface area contributed by atoms with Crippen LogP contribution in [0.15, 0.2) is 30.3 Å². The van der Waals surface area contributed by atoms with E-state index in [1.165, 1.54) is 18.4 Å². The number of hydrogen-bond donors (Lipinski definition) is 1. The Morgan fingerprint density at radius 1 is 1.33 bits per heavy atom. The van der Waals surface area contributed by atoms with Crippen LogP contribution in [0.4, 0.5) is 0 Å². The largest absolute Gasteiger partial charge is 0.374 e. The predicted octanol–water partition coefficient (Wildman–Crippen LogP) is 2.46. The van der Waals surface area contributed by atoms with Gasteiger partial charge in [0, 0.05) is 38.3 Å². The summed E-state index contributed by atoms with van der Waals surface area (Å²) < 4.78 is 5.98. The SMILES string of the molecule is CC1CNC(Cc2ccccc2)CN1CC1(C)CCCO1. The van der Waals surface area contributed by atoms with Crippen molar-refractivity contribution in [1.29, 1.82) is 0 Å². The second kappa shape index (κ2) is 6.47. The van der Waals surface area contributed by atoms with Crippen LogP contribution in [0, 0.1) is 0 Å². The lowest BCUT2D eigenvalue weighted by atomic mass is 9.97. The maximum atomic E-state index is 5.98. The van der Waals surface area contributed by atoms with Gasteiger partial charge in [-0.15, -0.1) is 0 Å².